The summed E-state index contributed by atoms with van der Waals surface area (Å²) >= 11 is 12.6. The molecule has 2 heterocycles. The number of carboxylic acids is 1. The third-order valence-electron chi connectivity index (χ3n) is 6.04. The monoisotopic (exact) mass is 507 g/mol. The van der Waals surface area contributed by atoms with Crippen molar-refractivity contribution >= 4 is 58.1 Å². The van der Waals surface area contributed by atoms with Crippen molar-refractivity contribution in [3.8, 4) is 0 Å². The molecule has 0 bridgehead atoms. The highest BCUT2D eigenvalue weighted by Crippen LogP contribution is 2.33. The van der Waals surface area contributed by atoms with Crippen LogP contribution < -0.4 is 10.2 Å². The lowest BCUT2D eigenvalue weighted by atomic mass is 9.98. The van der Waals surface area contributed by atoms with E-state index in [0.717, 1.165) is 11.1 Å². The van der Waals surface area contributed by atoms with Gasteiger partial charge in [0.1, 0.15) is 12.6 Å². The molecule has 0 aliphatic carbocycles. The second-order valence-electron chi connectivity index (χ2n) is 8.36. The minimum absolute atomic E-state index is 0.132. The quantitative estimate of drug-likeness (QED) is 0.535. The van der Waals surface area contributed by atoms with Crippen LogP contribution in [0.2, 0.25) is 10.0 Å². The van der Waals surface area contributed by atoms with Gasteiger partial charge in [0.05, 0.1) is 17.8 Å². The van der Waals surface area contributed by atoms with Gasteiger partial charge in [-0.25, -0.2) is 0 Å². The van der Waals surface area contributed by atoms with Crippen molar-refractivity contribution in [3.05, 3.63) is 93.0 Å². The van der Waals surface area contributed by atoms with Crippen molar-refractivity contribution in [3.63, 3.8) is 0 Å². The molecule has 2 aliphatic heterocycles. The van der Waals surface area contributed by atoms with Crippen molar-refractivity contribution in [2.45, 2.75) is 18.9 Å². The van der Waals surface area contributed by atoms with E-state index in [0.29, 0.717) is 38.3 Å². The molecular formula is C26H19Cl2N3O4. The first kappa shape index (κ1) is 23.1. The predicted octanol–water partition coefficient (Wildman–Crippen LogP) is 4.37. The molecule has 0 saturated carbocycles. The third-order valence-corrected chi connectivity index (χ3v) is 6.64. The average Bonchev–Trinajstić information content (AvgIpc) is 3.05. The molecule has 7 nitrogen and oxygen atoms in total. The molecule has 1 unspecified atom stereocenters. The Hall–Kier alpha value is -3.68. The Morgan fingerprint density at radius 3 is 2.66 bits per heavy atom. The number of hydrogen-bond acceptors (Lipinski definition) is 4. The predicted molar refractivity (Wildman–Crippen MR) is 135 cm³/mol. The van der Waals surface area contributed by atoms with E-state index in [-0.39, 0.29) is 24.7 Å². The molecule has 3 aromatic carbocycles. The van der Waals surface area contributed by atoms with E-state index >= 15 is 0 Å². The van der Waals surface area contributed by atoms with Crippen molar-refractivity contribution < 1.29 is 19.5 Å². The van der Waals surface area contributed by atoms with Crippen molar-refractivity contribution in [2.75, 3.05) is 16.8 Å². The number of anilines is 2. The van der Waals surface area contributed by atoms with Crippen LogP contribution >= 0.6 is 23.2 Å². The zero-order chi connectivity index (χ0) is 24.7. The number of aliphatic imine (C=N–C) groups is 1. The molecule has 2 aliphatic rings. The highest BCUT2D eigenvalue weighted by molar-refractivity contribution is 6.32. The summed E-state index contributed by atoms with van der Waals surface area (Å²) in [5.74, 6) is -1.67. The smallest absolute Gasteiger partial charge is 0.323 e. The van der Waals surface area contributed by atoms with Crippen LogP contribution in [0.25, 0.3) is 0 Å². The van der Waals surface area contributed by atoms with Crippen LogP contribution in [0.4, 0.5) is 11.4 Å². The highest BCUT2D eigenvalue weighted by Gasteiger charge is 2.31. The van der Waals surface area contributed by atoms with Gasteiger partial charge < -0.3 is 15.3 Å². The molecule has 0 spiro atoms. The standard InChI is InChI=1S/C26H19Cl2N3O4/c27-17-7-8-20-18(12-17)25(29-21(26(35)30-20)9-14-3-1-2-4-19(14)28)16-6-5-15-11-23(32)31(13-24(33)34)22(15)10-16/h1-8,10,12,21H,9,11,13H2,(H,30,35)(H,33,34). The van der Waals surface area contributed by atoms with Crippen LogP contribution in [0.1, 0.15) is 22.3 Å². The van der Waals surface area contributed by atoms with E-state index in [9.17, 15) is 19.5 Å². The molecule has 5 rings (SSSR count). The molecule has 2 N–H and O–H groups in total. The van der Waals surface area contributed by atoms with Gasteiger partial charge in [-0.1, -0.05) is 53.5 Å². The Bertz CT molecular complexity index is 1420. The number of hydrogen-bond donors (Lipinski definition) is 2. The lowest BCUT2D eigenvalue weighted by Gasteiger charge is -2.17. The maximum absolute atomic E-state index is 13.1. The van der Waals surface area contributed by atoms with Crippen molar-refractivity contribution in [1.82, 2.24) is 0 Å². The molecule has 9 heteroatoms. The fourth-order valence-electron chi connectivity index (χ4n) is 4.38. The number of amides is 2. The Kier molecular flexibility index (Phi) is 6.05. The summed E-state index contributed by atoms with van der Waals surface area (Å²) in [7, 11) is 0. The molecule has 2 amide bonds. The van der Waals surface area contributed by atoms with Gasteiger partial charge >= 0.3 is 5.97 Å². The van der Waals surface area contributed by atoms with E-state index < -0.39 is 18.6 Å². The number of carbonyl (C=O) groups is 3. The first-order valence-electron chi connectivity index (χ1n) is 10.9. The van der Waals surface area contributed by atoms with E-state index in [1.807, 2.05) is 24.3 Å². The van der Waals surface area contributed by atoms with Crippen LogP contribution in [-0.4, -0.2) is 41.2 Å². The first-order valence-corrected chi connectivity index (χ1v) is 11.6. The first-order chi connectivity index (χ1) is 16.8. The molecule has 0 aromatic heterocycles. The maximum atomic E-state index is 13.1. The molecule has 0 radical (unpaired) electrons. The van der Waals surface area contributed by atoms with Gasteiger partial charge in [-0.3, -0.25) is 19.4 Å². The second-order valence-corrected chi connectivity index (χ2v) is 9.21. The summed E-state index contributed by atoms with van der Waals surface area (Å²) in [6.07, 6.45) is 0.415. The van der Waals surface area contributed by atoms with E-state index in [2.05, 4.69) is 5.32 Å². The van der Waals surface area contributed by atoms with Gasteiger partial charge in [-0.15, -0.1) is 0 Å². The summed E-state index contributed by atoms with van der Waals surface area (Å²) in [4.78, 5) is 43.0. The Morgan fingerprint density at radius 1 is 1.09 bits per heavy atom. The Balaban J connectivity index is 1.63. The highest BCUT2D eigenvalue weighted by atomic mass is 35.5. The zero-order valence-electron chi connectivity index (χ0n) is 18.3. The normalized spacial score (nSPS) is 16.8. The summed E-state index contributed by atoms with van der Waals surface area (Å²) in [6.45, 7) is -0.431. The summed E-state index contributed by atoms with van der Waals surface area (Å²) in [5, 5.41) is 13.2. The second kappa shape index (κ2) is 9.17. The number of carboxylic acid groups (broad SMARTS) is 1. The Labute approximate surface area is 211 Å². The Morgan fingerprint density at radius 2 is 1.89 bits per heavy atom. The van der Waals surface area contributed by atoms with Gasteiger partial charge in [0.25, 0.3) is 0 Å². The average molecular weight is 508 g/mol. The van der Waals surface area contributed by atoms with Crippen LogP contribution in [0, 0.1) is 0 Å². The summed E-state index contributed by atoms with van der Waals surface area (Å²) < 4.78 is 0. The molecule has 1 atom stereocenters. The molecule has 35 heavy (non-hydrogen) atoms. The SMILES string of the molecule is O=C(O)CN1C(=O)Cc2ccc(C3=NC(Cc4ccccc4Cl)C(=O)Nc4ccc(Cl)cc43)cc21. The molecule has 3 aromatic rings. The number of nitrogens with one attached hydrogen (secondary N) is 1. The van der Waals surface area contributed by atoms with Gasteiger partial charge in [0.2, 0.25) is 11.8 Å². The van der Waals surface area contributed by atoms with Crippen molar-refractivity contribution in [1.29, 1.82) is 0 Å². The lowest BCUT2D eigenvalue weighted by molar-refractivity contribution is -0.136. The number of benzodiazepines with no additional fused rings is 1. The molecule has 176 valence electrons. The molecular weight excluding hydrogens is 489 g/mol. The fraction of sp³-hybridized carbons (Fsp3) is 0.154. The topological polar surface area (TPSA) is 99.1 Å². The van der Waals surface area contributed by atoms with Crippen LogP contribution in [0.5, 0.6) is 0 Å². The summed E-state index contributed by atoms with van der Waals surface area (Å²) in [5.41, 5.74) is 4.37. The van der Waals surface area contributed by atoms with Crippen LogP contribution in [-0.2, 0) is 27.2 Å². The number of aliphatic carboxylic acids is 1. The molecule has 0 fully saturated rings. The fourth-order valence-corrected chi connectivity index (χ4v) is 4.76. The lowest BCUT2D eigenvalue weighted by Crippen LogP contribution is -2.32. The van der Waals surface area contributed by atoms with E-state index in [1.54, 1.807) is 36.4 Å². The van der Waals surface area contributed by atoms with Gasteiger partial charge in [0, 0.05) is 33.3 Å². The zero-order valence-corrected chi connectivity index (χ0v) is 19.8. The number of carbonyl (C=O) groups excluding carboxylic acids is 2. The largest absolute Gasteiger partial charge is 0.480 e. The third kappa shape index (κ3) is 4.52. The molecule has 0 saturated heterocycles. The number of fused-ring (bicyclic) bond motifs is 2. The number of benzene rings is 3. The number of rotatable bonds is 5. The number of nitrogens with zero attached hydrogens (tertiary/aromatic N) is 2. The minimum atomic E-state index is -1.10. The van der Waals surface area contributed by atoms with E-state index in [4.69, 9.17) is 28.2 Å². The number of halogens is 2. The maximum Gasteiger partial charge on any atom is 0.323 e. The van der Waals surface area contributed by atoms with Crippen molar-refractivity contribution in [2.24, 2.45) is 4.99 Å². The van der Waals surface area contributed by atoms with Crippen LogP contribution in [0.15, 0.2) is 65.7 Å². The van der Waals surface area contributed by atoms with Gasteiger partial charge in [0.15, 0.2) is 0 Å². The van der Waals surface area contributed by atoms with E-state index in [1.165, 1.54) is 4.90 Å². The minimum Gasteiger partial charge on any atom is -0.480 e. The van der Waals surface area contributed by atoms with Crippen LogP contribution in [0.3, 0.4) is 0 Å². The van der Waals surface area contributed by atoms with Gasteiger partial charge in [-0.05, 0) is 41.5 Å². The van der Waals surface area contributed by atoms with Gasteiger partial charge in [-0.2, -0.15) is 0 Å². The summed E-state index contributed by atoms with van der Waals surface area (Å²) in [6, 6.07) is 17.0.